The summed E-state index contributed by atoms with van der Waals surface area (Å²) in [6.07, 6.45) is 1.32. The van der Waals surface area contributed by atoms with Gasteiger partial charge in [-0.15, -0.1) is 0 Å². The van der Waals surface area contributed by atoms with Gasteiger partial charge in [-0.05, 0) is 51.7 Å². The van der Waals surface area contributed by atoms with Crippen molar-refractivity contribution in [3.8, 4) is 5.75 Å². The van der Waals surface area contributed by atoms with Crippen molar-refractivity contribution in [1.82, 2.24) is 0 Å². The third-order valence-electron chi connectivity index (χ3n) is 4.72. The molecule has 0 atom stereocenters. The molecule has 0 spiro atoms. The molecule has 2 rings (SSSR count). The number of hydrogen-bond donors (Lipinski definition) is 1. The number of nitrogens with one attached hydrogen (secondary N) is 1. The van der Waals surface area contributed by atoms with E-state index in [2.05, 4.69) is 5.32 Å². The lowest BCUT2D eigenvalue weighted by molar-refractivity contribution is 0.00578. The van der Waals surface area contributed by atoms with Gasteiger partial charge in [0.1, 0.15) is 5.75 Å². The average molecular weight is 349 g/mol. The summed E-state index contributed by atoms with van der Waals surface area (Å²) >= 11 is 0. The van der Waals surface area contributed by atoms with Gasteiger partial charge in [0.25, 0.3) is 0 Å². The predicted octanol–water partition coefficient (Wildman–Crippen LogP) is 3.34. The molecule has 0 radical (unpaired) electrons. The summed E-state index contributed by atoms with van der Waals surface area (Å²) in [5, 5.41) is 2.70. The van der Waals surface area contributed by atoms with Gasteiger partial charge in [0, 0.05) is 0 Å². The second-order valence-electron chi connectivity index (χ2n) is 7.16. The molecule has 0 bridgehead atoms. The molecule has 0 aliphatic carbocycles. The molecule has 1 N–H and O–H groups in total. The molecular weight excluding hydrogens is 321 g/mol. The van der Waals surface area contributed by atoms with Gasteiger partial charge in [0.2, 0.25) is 0 Å². The first-order chi connectivity index (χ1) is 11.7. The van der Waals surface area contributed by atoms with Crippen molar-refractivity contribution in [3.05, 3.63) is 18.2 Å². The smallest absolute Gasteiger partial charge is 0.494 e. The maximum Gasteiger partial charge on any atom is 0.494 e. The van der Waals surface area contributed by atoms with E-state index in [9.17, 15) is 4.79 Å². The van der Waals surface area contributed by atoms with Crippen molar-refractivity contribution >= 4 is 24.4 Å². The van der Waals surface area contributed by atoms with Gasteiger partial charge in [0.05, 0.1) is 30.6 Å². The Hall–Kier alpha value is -1.73. The number of amides is 1. The highest BCUT2D eigenvalue weighted by atomic mass is 16.7. The zero-order valence-electron chi connectivity index (χ0n) is 16.0. The number of ether oxygens (including phenoxy) is 2. The van der Waals surface area contributed by atoms with Gasteiger partial charge >= 0.3 is 13.2 Å². The van der Waals surface area contributed by atoms with Gasteiger partial charge < -0.3 is 18.8 Å². The molecule has 1 heterocycles. The van der Waals surface area contributed by atoms with Crippen LogP contribution in [0.1, 0.15) is 47.5 Å². The molecule has 1 aromatic rings. The lowest BCUT2D eigenvalue weighted by Gasteiger charge is -2.32. The minimum absolute atomic E-state index is 0.399. The van der Waals surface area contributed by atoms with Crippen LogP contribution >= 0.6 is 0 Å². The number of carbonyl (C=O) groups is 1. The fraction of sp³-hybridized carbons (Fsp3) is 0.611. The van der Waals surface area contributed by atoms with Crippen LogP contribution in [0.25, 0.3) is 0 Å². The lowest BCUT2D eigenvalue weighted by atomic mass is 9.79. The number of rotatable bonds is 6. The summed E-state index contributed by atoms with van der Waals surface area (Å²) in [4.78, 5) is 11.8. The van der Waals surface area contributed by atoms with E-state index in [0.717, 1.165) is 18.3 Å². The van der Waals surface area contributed by atoms with Crippen LogP contribution in [0, 0.1) is 0 Å². The van der Waals surface area contributed by atoms with Crippen LogP contribution in [0.3, 0.4) is 0 Å². The van der Waals surface area contributed by atoms with Crippen LogP contribution in [0.2, 0.25) is 0 Å². The molecule has 1 aliphatic heterocycles. The number of anilines is 1. The van der Waals surface area contributed by atoms with E-state index in [-0.39, 0.29) is 0 Å². The topological polar surface area (TPSA) is 66.0 Å². The lowest BCUT2D eigenvalue weighted by Crippen LogP contribution is -2.41. The highest BCUT2D eigenvalue weighted by Gasteiger charge is 2.51. The van der Waals surface area contributed by atoms with Crippen LogP contribution in [0.15, 0.2) is 18.2 Å². The summed E-state index contributed by atoms with van der Waals surface area (Å²) in [6.45, 7) is 10.5. The fourth-order valence-corrected chi connectivity index (χ4v) is 2.39. The van der Waals surface area contributed by atoms with E-state index < -0.39 is 24.4 Å². The third kappa shape index (κ3) is 4.47. The maximum atomic E-state index is 11.8. The van der Waals surface area contributed by atoms with E-state index in [0.29, 0.717) is 18.0 Å². The standard InChI is InChI=1S/C18H28BNO5/c1-7-8-11-23-16(21)20-14-10-9-13(12-15(14)22-6)19-24-17(2,3)18(4,5)25-19/h9-10,12H,7-8,11H2,1-6H3,(H,20,21). The highest BCUT2D eigenvalue weighted by molar-refractivity contribution is 6.62. The number of unbranched alkanes of at least 4 members (excludes halogenated alkanes) is 1. The number of carbonyl (C=O) groups excluding carboxylic acids is 1. The molecule has 1 amide bonds. The Morgan fingerprint density at radius 1 is 1.20 bits per heavy atom. The van der Waals surface area contributed by atoms with E-state index in [1.807, 2.05) is 46.8 Å². The Morgan fingerprint density at radius 3 is 2.40 bits per heavy atom. The number of hydrogen-bond acceptors (Lipinski definition) is 5. The molecular formula is C18H28BNO5. The van der Waals surface area contributed by atoms with Crippen molar-refractivity contribution in [3.63, 3.8) is 0 Å². The molecule has 0 aromatic heterocycles. The Balaban J connectivity index is 2.11. The van der Waals surface area contributed by atoms with Crippen LogP contribution < -0.4 is 15.5 Å². The summed E-state index contributed by atoms with van der Waals surface area (Å²) in [5.74, 6) is 0.527. The average Bonchev–Trinajstić information content (AvgIpc) is 2.76. The predicted molar refractivity (Wildman–Crippen MR) is 98.6 cm³/mol. The second kappa shape index (κ2) is 7.66. The maximum absolute atomic E-state index is 11.8. The Bertz CT molecular complexity index is 601. The molecule has 138 valence electrons. The SMILES string of the molecule is CCCCOC(=O)Nc1ccc(B2OC(C)(C)C(C)(C)O2)cc1OC. The van der Waals surface area contributed by atoms with Gasteiger partial charge in [0.15, 0.2) is 0 Å². The van der Waals surface area contributed by atoms with Gasteiger partial charge in [-0.25, -0.2) is 4.79 Å². The molecule has 1 aromatic carbocycles. The van der Waals surface area contributed by atoms with Gasteiger partial charge in [-0.1, -0.05) is 19.4 Å². The van der Waals surface area contributed by atoms with Crippen LogP contribution in [0.4, 0.5) is 10.5 Å². The molecule has 1 saturated heterocycles. The summed E-state index contributed by atoms with van der Waals surface area (Å²) in [7, 11) is 1.07. The van der Waals surface area contributed by atoms with Crippen LogP contribution in [-0.4, -0.2) is 38.1 Å². The molecule has 7 heteroatoms. The van der Waals surface area contributed by atoms with Crippen molar-refractivity contribution < 1.29 is 23.6 Å². The third-order valence-corrected chi connectivity index (χ3v) is 4.72. The Kier molecular flexibility index (Phi) is 6.01. The van der Waals surface area contributed by atoms with Crippen LogP contribution in [0.5, 0.6) is 5.75 Å². The summed E-state index contributed by atoms with van der Waals surface area (Å²) in [5.41, 5.74) is 0.556. The number of methoxy groups -OCH3 is 1. The fourth-order valence-electron chi connectivity index (χ4n) is 2.39. The number of benzene rings is 1. The van der Waals surface area contributed by atoms with Crippen molar-refractivity contribution in [2.45, 2.75) is 58.7 Å². The second-order valence-corrected chi connectivity index (χ2v) is 7.16. The van der Waals surface area contributed by atoms with E-state index in [1.165, 1.54) is 0 Å². The summed E-state index contributed by atoms with van der Waals surface area (Å²) < 4.78 is 22.6. The zero-order chi connectivity index (χ0) is 18.7. The van der Waals surface area contributed by atoms with Crippen molar-refractivity contribution in [2.24, 2.45) is 0 Å². The largest absolute Gasteiger partial charge is 0.495 e. The van der Waals surface area contributed by atoms with E-state index in [4.69, 9.17) is 18.8 Å². The molecule has 6 nitrogen and oxygen atoms in total. The monoisotopic (exact) mass is 349 g/mol. The zero-order valence-corrected chi connectivity index (χ0v) is 16.0. The van der Waals surface area contributed by atoms with E-state index in [1.54, 1.807) is 13.2 Å². The molecule has 1 fully saturated rings. The van der Waals surface area contributed by atoms with Gasteiger partial charge in [-0.2, -0.15) is 0 Å². The normalized spacial score (nSPS) is 18.1. The Labute approximate surface area is 150 Å². The quantitative estimate of drug-likeness (QED) is 0.630. The van der Waals surface area contributed by atoms with E-state index >= 15 is 0 Å². The first-order valence-corrected chi connectivity index (χ1v) is 8.67. The van der Waals surface area contributed by atoms with Crippen molar-refractivity contribution in [1.29, 1.82) is 0 Å². The molecule has 25 heavy (non-hydrogen) atoms. The first kappa shape index (κ1) is 19.6. The van der Waals surface area contributed by atoms with Crippen LogP contribution in [-0.2, 0) is 14.0 Å². The molecule has 1 aliphatic rings. The Morgan fingerprint density at radius 2 is 1.84 bits per heavy atom. The molecule has 0 unspecified atom stereocenters. The van der Waals surface area contributed by atoms with Crippen molar-refractivity contribution in [2.75, 3.05) is 19.0 Å². The molecule has 0 saturated carbocycles. The highest BCUT2D eigenvalue weighted by Crippen LogP contribution is 2.37. The first-order valence-electron chi connectivity index (χ1n) is 8.67. The minimum Gasteiger partial charge on any atom is -0.495 e. The van der Waals surface area contributed by atoms with Gasteiger partial charge in [-0.3, -0.25) is 5.32 Å². The minimum atomic E-state index is -0.491. The summed E-state index contributed by atoms with van der Waals surface area (Å²) in [6, 6.07) is 5.43.